The zero-order chi connectivity index (χ0) is 23.6. The molecule has 4 rings (SSSR count). The van der Waals surface area contributed by atoms with Crippen molar-refractivity contribution in [2.45, 2.75) is 18.9 Å². The molecule has 2 aromatic carbocycles. The lowest BCUT2D eigenvalue weighted by atomic mass is 9.97. The number of nitrogens with one attached hydrogen (secondary N) is 1. The van der Waals surface area contributed by atoms with Crippen LogP contribution in [-0.2, 0) is 12.9 Å². The van der Waals surface area contributed by atoms with Crippen LogP contribution in [0.15, 0.2) is 73.1 Å². The van der Waals surface area contributed by atoms with Gasteiger partial charge in [-0.05, 0) is 47.5 Å². The molecule has 4 nitrogen and oxygen atoms in total. The first-order chi connectivity index (χ1) is 15.8. The number of fused-ring (bicyclic) bond motifs is 1. The zero-order valence-electron chi connectivity index (χ0n) is 16.9. The van der Waals surface area contributed by atoms with Gasteiger partial charge in [-0.3, -0.25) is 14.8 Å². The highest BCUT2D eigenvalue weighted by Gasteiger charge is 2.37. The van der Waals surface area contributed by atoms with E-state index in [1.807, 2.05) is 0 Å². The Kier molecular flexibility index (Phi) is 6.29. The number of benzene rings is 2. The number of carbonyl (C=O) groups is 1. The molecule has 33 heavy (non-hydrogen) atoms. The van der Waals surface area contributed by atoms with Gasteiger partial charge in [0.15, 0.2) is 0 Å². The first kappa shape index (κ1) is 22.7. The molecule has 0 saturated heterocycles. The SMILES string of the molecule is O=C(N[C@@H](c1ccc(CF)cc1)c1ncccc1C(F)(F)F)c1ccc2nccc(Cl)c2c1. The molecule has 0 aliphatic heterocycles. The first-order valence-electron chi connectivity index (χ1n) is 9.80. The van der Waals surface area contributed by atoms with Crippen LogP contribution in [0, 0.1) is 0 Å². The summed E-state index contributed by atoms with van der Waals surface area (Å²) in [5.74, 6) is -0.629. The number of nitrogens with zero attached hydrogens (tertiary/aromatic N) is 2. The van der Waals surface area contributed by atoms with E-state index in [0.717, 1.165) is 6.07 Å². The topological polar surface area (TPSA) is 54.9 Å². The Bertz CT molecular complexity index is 1310. The van der Waals surface area contributed by atoms with Crippen molar-refractivity contribution in [3.63, 3.8) is 0 Å². The Morgan fingerprint density at radius 1 is 1.00 bits per heavy atom. The second-order valence-electron chi connectivity index (χ2n) is 7.24. The standard InChI is InChI=1S/C24H16ClF4N3O/c25-19-9-11-30-20-8-7-16(12-17(19)20)23(33)32-21(15-5-3-14(13-26)4-6-15)22-18(24(27,28)29)2-1-10-31-22/h1-12,21H,13H2,(H,32,33)/t21-/m0/s1. The van der Waals surface area contributed by atoms with Gasteiger partial charge in [-0.15, -0.1) is 0 Å². The average Bonchev–Trinajstić information content (AvgIpc) is 2.82. The Hall–Kier alpha value is -3.52. The average molecular weight is 474 g/mol. The van der Waals surface area contributed by atoms with E-state index in [1.165, 1.54) is 54.9 Å². The molecule has 1 N–H and O–H groups in total. The Labute approximate surface area is 191 Å². The molecule has 0 unspecified atom stereocenters. The van der Waals surface area contributed by atoms with Crippen LogP contribution < -0.4 is 5.32 Å². The van der Waals surface area contributed by atoms with Crippen molar-refractivity contribution in [2.24, 2.45) is 0 Å². The summed E-state index contributed by atoms with van der Waals surface area (Å²) in [6, 6.07) is 12.9. The second kappa shape index (κ2) is 9.15. The van der Waals surface area contributed by atoms with Crippen LogP contribution in [-0.4, -0.2) is 15.9 Å². The highest BCUT2D eigenvalue weighted by atomic mass is 35.5. The van der Waals surface area contributed by atoms with Crippen LogP contribution >= 0.6 is 11.6 Å². The fourth-order valence-electron chi connectivity index (χ4n) is 3.46. The van der Waals surface area contributed by atoms with E-state index in [0.29, 0.717) is 27.1 Å². The predicted molar refractivity (Wildman–Crippen MR) is 117 cm³/mol. The molecular weight excluding hydrogens is 458 g/mol. The first-order valence-corrected chi connectivity index (χ1v) is 10.2. The summed E-state index contributed by atoms with van der Waals surface area (Å²) in [5, 5.41) is 3.56. The van der Waals surface area contributed by atoms with Gasteiger partial charge in [0.25, 0.3) is 5.91 Å². The van der Waals surface area contributed by atoms with E-state index < -0.39 is 30.4 Å². The molecule has 2 aromatic heterocycles. The van der Waals surface area contributed by atoms with Crippen LogP contribution in [0.3, 0.4) is 0 Å². The van der Waals surface area contributed by atoms with E-state index >= 15 is 0 Å². The van der Waals surface area contributed by atoms with Crippen LogP contribution in [0.2, 0.25) is 5.02 Å². The molecular formula is C24H16ClF4N3O. The molecule has 0 radical (unpaired) electrons. The minimum Gasteiger partial charge on any atom is -0.340 e. The van der Waals surface area contributed by atoms with Gasteiger partial charge < -0.3 is 5.32 Å². The van der Waals surface area contributed by atoms with Crippen LogP contribution in [0.1, 0.15) is 38.8 Å². The quantitative estimate of drug-likeness (QED) is 0.346. The van der Waals surface area contributed by atoms with Crippen molar-refractivity contribution in [2.75, 3.05) is 0 Å². The van der Waals surface area contributed by atoms with Crippen molar-refractivity contribution in [3.05, 3.63) is 106 Å². The number of hydrogen-bond donors (Lipinski definition) is 1. The van der Waals surface area contributed by atoms with E-state index in [1.54, 1.807) is 12.1 Å². The fraction of sp³-hybridized carbons (Fsp3) is 0.125. The van der Waals surface area contributed by atoms with Gasteiger partial charge in [0.1, 0.15) is 6.67 Å². The smallest absolute Gasteiger partial charge is 0.340 e. The summed E-state index contributed by atoms with van der Waals surface area (Å²) >= 11 is 6.19. The van der Waals surface area contributed by atoms with Gasteiger partial charge in [-0.2, -0.15) is 13.2 Å². The monoisotopic (exact) mass is 473 g/mol. The van der Waals surface area contributed by atoms with Gasteiger partial charge >= 0.3 is 6.18 Å². The molecule has 0 saturated carbocycles. The lowest BCUT2D eigenvalue weighted by molar-refractivity contribution is -0.138. The van der Waals surface area contributed by atoms with Crippen LogP contribution in [0.5, 0.6) is 0 Å². The summed E-state index contributed by atoms with van der Waals surface area (Å²) in [6.07, 6.45) is -1.93. The number of pyridine rings is 2. The predicted octanol–water partition coefficient (Wildman–Crippen LogP) is 6.29. The number of halogens is 5. The van der Waals surface area contributed by atoms with Gasteiger partial charge in [0.05, 0.1) is 27.8 Å². The molecule has 168 valence electrons. The Morgan fingerprint density at radius 3 is 2.45 bits per heavy atom. The maximum atomic E-state index is 13.7. The minimum atomic E-state index is -4.69. The molecule has 0 fully saturated rings. The van der Waals surface area contributed by atoms with Crippen molar-refractivity contribution in [3.8, 4) is 0 Å². The van der Waals surface area contributed by atoms with Gasteiger partial charge in [-0.1, -0.05) is 35.9 Å². The zero-order valence-corrected chi connectivity index (χ0v) is 17.7. The highest BCUT2D eigenvalue weighted by Crippen LogP contribution is 2.35. The van der Waals surface area contributed by atoms with E-state index in [2.05, 4.69) is 15.3 Å². The number of amides is 1. The normalized spacial score (nSPS) is 12.5. The molecule has 0 spiro atoms. The van der Waals surface area contributed by atoms with Crippen molar-refractivity contribution in [1.29, 1.82) is 0 Å². The van der Waals surface area contributed by atoms with Gasteiger partial charge in [0, 0.05) is 23.3 Å². The van der Waals surface area contributed by atoms with Crippen molar-refractivity contribution in [1.82, 2.24) is 15.3 Å². The maximum Gasteiger partial charge on any atom is 0.418 e. The number of carbonyl (C=O) groups excluding carboxylic acids is 1. The maximum absolute atomic E-state index is 13.7. The van der Waals surface area contributed by atoms with Crippen LogP contribution in [0.4, 0.5) is 17.6 Å². The molecule has 1 amide bonds. The summed E-state index contributed by atoms with van der Waals surface area (Å²) in [4.78, 5) is 21.2. The lowest BCUT2D eigenvalue weighted by Crippen LogP contribution is -2.31. The van der Waals surface area contributed by atoms with E-state index in [4.69, 9.17) is 11.6 Å². The third-order valence-corrected chi connectivity index (χ3v) is 5.44. The van der Waals surface area contributed by atoms with Crippen molar-refractivity contribution < 1.29 is 22.4 Å². The molecule has 0 aliphatic rings. The number of alkyl halides is 4. The van der Waals surface area contributed by atoms with Gasteiger partial charge in [-0.25, -0.2) is 4.39 Å². The molecule has 2 heterocycles. The van der Waals surface area contributed by atoms with Gasteiger partial charge in [0.2, 0.25) is 0 Å². The summed E-state index contributed by atoms with van der Waals surface area (Å²) in [7, 11) is 0. The molecule has 9 heteroatoms. The van der Waals surface area contributed by atoms with Crippen molar-refractivity contribution >= 4 is 28.4 Å². The molecule has 4 aromatic rings. The van der Waals surface area contributed by atoms with Crippen LogP contribution in [0.25, 0.3) is 10.9 Å². The Balaban J connectivity index is 1.77. The fourth-order valence-corrected chi connectivity index (χ4v) is 3.67. The minimum absolute atomic E-state index is 0.187. The molecule has 0 aliphatic carbocycles. The summed E-state index contributed by atoms with van der Waals surface area (Å²) in [6.45, 7) is -0.722. The summed E-state index contributed by atoms with van der Waals surface area (Å²) in [5.41, 5.74) is 0.0963. The Morgan fingerprint density at radius 2 is 1.76 bits per heavy atom. The third-order valence-electron chi connectivity index (χ3n) is 5.11. The largest absolute Gasteiger partial charge is 0.418 e. The lowest BCUT2D eigenvalue weighted by Gasteiger charge is -2.22. The highest BCUT2D eigenvalue weighted by molar-refractivity contribution is 6.35. The molecule has 1 atom stereocenters. The van der Waals surface area contributed by atoms with E-state index in [-0.39, 0.29) is 11.3 Å². The van der Waals surface area contributed by atoms with E-state index in [9.17, 15) is 22.4 Å². The molecule has 0 bridgehead atoms. The second-order valence-corrected chi connectivity index (χ2v) is 7.65. The number of aromatic nitrogens is 2. The number of rotatable bonds is 5. The number of hydrogen-bond acceptors (Lipinski definition) is 3. The summed E-state index contributed by atoms with van der Waals surface area (Å²) < 4.78 is 54.0. The third kappa shape index (κ3) is 4.80.